The first-order chi connectivity index (χ1) is 9.71. The molecule has 0 saturated heterocycles. The van der Waals surface area contributed by atoms with Gasteiger partial charge >= 0.3 is 6.09 Å². The van der Waals surface area contributed by atoms with Gasteiger partial charge in [0.15, 0.2) is 0 Å². The summed E-state index contributed by atoms with van der Waals surface area (Å²) < 4.78 is 10.9. The molecule has 1 heterocycles. The number of hydrogen-bond donors (Lipinski definition) is 1. The van der Waals surface area contributed by atoms with Gasteiger partial charge in [0.25, 0.3) is 5.22 Å². The molecule has 1 N–H and O–H groups in total. The third-order valence-electron chi connectivity index (χ3n) is 2.39. The van der Waals surface area contributed by atoms with E-state index in [1.807, 2.05) is 27.7 Å². The fraction of sp³-hybridized carbons (Fsp3) is 0.786. The zero-order chi connectivity index (χ0) is 16.0. The number of carbonyl (C=O) groups is 1. The molecule has 0 aliphatic rings. The van der Waals surface area contributed by atoms with Crippen LogP contribution in [0.2, 0.25) is 0 Å². The molecule has 6 nitrogen and oxygen atoms in total. The molecule has 0 aromatic carbocycles. The monoisotopic (exact) mass is 315 g/mol. The van der Waals surface area contributed by atoms with Gasteiger partial charge in [0.2, 0.25) is 5.89 Å². The van der Waals surface area contributed by atoms with Crippen LogP contribution in [0.5, 0.6) is 0 Å². The fourth-order valence-corrected chi connectivity index (χ4v) is 2.18. The summed E-state index contributed by atoms with van der Waals surface area (Å²) in [6, 6.07) is -0.335. The van der Waals surface area contributed by atoms with Crippen LogP contribution in [0.4, 0.5) is 4.79 Å². The van der Waals surface area contributed by atoms with Gasteiger partial charge in [0, 0.05) is 0 Å². The minimum absolute atomic E-state index is 0.335. The Balaban J connectivity index is 2.77. The van der Waals surface area contributed by atoms with E-state index in [0.717, 1.165) is 5.75 Å². The highest BCUT2D eigenvalue weighted by Gasteiger charge is 2.25. The summed E-state index contributed by atoms with van der Waals surface area (Å²) in [5.74, 6) is 1.65. The Morgan fingerprint density at radius 2 is 2.05 bits per heavy atom. The van der Waals surface area contributed by atoms with E-state index in [1.165, 1.54) is 11.8 Å². The smallest absolute Gasteiger partial charge is 0.408 e. The van der Waals surface area contributed by atoms with E-state index in [1.54, 1.807) is 0 Å². The predicted octanol–water partition coefficient (Wildman–Crippen LogP) is 3.79. The van der Waals surface area contributed by atoms with Crippen LogP contribution in [0.3, 0.4) is 0 Å². The molecule has 21 heavy (non-hydrogen) atoms. The van der Waals surface area contributed by atoms with Gasteiger partial charge in [-0.25, -0.2) is 4.79 Å². The highest BCUT2D eigenvalue weighted by Crippen LogP contribution is 2.24. The second-order valence-electron chi connectivity index (χ2n) is 6.17. The molecular weight excluding hydrogens is 290 g/mol. The number of thioether (sulfide) groups is 1. The van der Waals surface area contributed by atoms with Crippen molar-refractivity contribution in [3.8, 4) is 0 Å². The normalized spacial score (nSPS) is 13.3. The Labute approximate surface area is 130 Å². The van der Waals surface area contributed by atoms with Crippen molar-refractivity contribution in [3.63, 3.8) is 0 Å². The minimum Gasteiger partial charge on any atom is -0.444 e. The van der Waals surface area contributed by atoms with Crippen molar-refractivity contribution in [1.29, 1.82) is 0 Å². The maximum atomic E-state index is 11.9. The fourth-order valence-electron chi connectivity index (χ4n) is 1.69. The lowest BCUT2D eigenvalue weighted by Gasteiger charge is -2.22. The standard InChI is InChI=1S/C14H25N3O3S/c1-7-21-13-17-16-11(19-13)10(8-9(2)3)15-12(18)20-14(4,5)6/h9-10H,7-8H2,1-6H3,(H,15,18). The first-order valence-corrected chi connectivity index (χ1v) is 8.15. The number of nitrogens with one attached hydrogen (secondary N) is 1. The number of rotatable bonds is 6. The van der Waals surface area contributed by atoms with Crippen LogP contribution in [-0.4, -0.2) is 27.6 Å². The lowest BCUT2D eigenvalue weighted by atomic mass is 10.0. The molecule has 0 saturated carbocycles. The van der Waals surface area contributed by atoms with E-state index in [-0.39, 0.29) is 6.04 Å². The average Bonchev–Trinajstić information content (AvgIpc) is 2.74. The SMILES string of the molecule is CCSc1nnc(C(CC(C)C)NC(=O)OC(C)(C)C)o1. The lowest BCUT2D eigenvalue weighted by Crippen LogP contribution is -2.35. The largest absolute Gasteiger partial charge is 0.444 e. The van der Waals surface area contributed by atoms with E-state index in [4.69, 9.17) is 9.15 Å². The van der Waals surface area contributed by atoms with Crippen molar-refractivity contribution >= 4 is 17.9 Å². The average molecular weight is 315 g/mol. The molecule has 1 rings (SSSR count). The highest BCUT2D eigenvalue weighted by atomic mass is 32.2. The zero-order valence-electron chi connectivity index (χ0n) is 13.6. The Morgan fingerprint density at radius 1 is 1.38 bits per heavy atom. The molecule has 0 aliphatic heterocycles. The number of hydrogen-bond acceptors (Lipinski definition) is 6. The molecule has 0 aliphatic carbocycles. The first-order valence-electron chi connectivity index (χ1n) is 7.17. The van der Waals surface area contributed by atoms with Gasteiger partial charge in [-0.3, -0.25) is 0 Å². The number of amides is 1. The van der Waals surface area contributed by atoms with Crippen molar-refractivity contribution in [1.82, 2.24) is 15.5 Å². The van der Waals surface area contributed by atoms with Gasteiger partial charge < -0.3 is 14.5 Å². The molecule has 1 aromatic rings. The van der Waals surface area contributed by atoms with Gasteiger partial charge in [-0.2, -0.15) is 0 Å². The van der Waals surface area contributed by atoms with Gasteiger partial charge in [-0.05, 0) is 38.9 Å². The quantitative estimate of drug-likeness (QED) is 0.805. The molecule has 0 fully saturated rings. The molecular formula is C14H25N3O3S. The van der Waals surface area contributed by atoms with E-state index >= 15 is 0 Å². The second kappa shape index (κ2) is 7.68. The summed E-state index contributed by atoms with van der Waals surface area (Å²) in [5, 5.41) is 11.3. The van der Waals surface area contributed by atoms with Gasteiger partial charge in [0.05, 0.1) is 0 Å². The molecule has 7 heteroatoms. The first kappa shape index (κ1) is 17.8. The number of carbonyl (C=O) groups excluding carboxylic acids is 1. The van der Waals surface area contributed by atoms with Crippen LogP contribution in [0, 0.1) is 5.92 Å². The maximum Gasteiger partial charge on any atom is 0.408 e. The van der Waals surface area contributed by atoms with Crippen LogP contribution in [0.25, 0.3) is 0 Å². The molecule has 0 radical (unpaired) electrons. The Kier molecular flexibility index (Phi) is 6.51. The summed E-state index contributed by atoms with van der Waals surface area (Å²) in [7, 11) is 0. The van der Waals surface area contributed by atoms with Crippen LogP contribution >= 0.6 is 11.8 Å². The van der Waals surface area contributed by atoms with Gasteiger partial charge in [0.1, 0.15) is 11.6 Å². The lowest BCUT2D eigenvalue weighted by molar-refractivity contribution is 0.0487. The summed E-state index contributed by atoms with van der Waals surface area (Å²) in [4.78, 5) is 11.9. The zero-order valence-corrected chi connectivity index (χ0v) is 14.4. The molecule has 1 amide bonds. The molecule has 1 atom stereocenters. The van der Waals surface area contributed by atoms with E-state index in [9.17, 15) is 4.79 Å². The number of aromatic nitrogens is 2. The van der Waals surface area contributed by atoms with Crippen LogP contribution in [-0.2, 0) is 4.74 Å². The van der Waals surface area contributed by atoms with Crippen LogP contribution in [0.15, 0.2) is 9.64 Å². The third kappa shape index (κ3) is 6.84. The van der Waals surface area contributed by atoms with Crippen molar-refractivity contribution < 1.29 is 13.9 Å². The van der Waals surface area contributed by atoms with Gasteiger partial charge in [-0.1, -0.05) is 32.5 Å². The van der Waals surface area contributed by atoms with Crippen LogP contribution in [0.1, 0.15) is 59.9 Å². The minimum atomic E-state index is -0.537. The number of alkyl carbamates (subject to hydrolysis) is 1. The van der Waals surface area contributed by atoms with Crippen molar-refractivity contribution in [3.05, 3.63) is 5.89 Å². The predicted molar refractivity (Wildman–Crippen MR) is 82.3 cm³/mol. The summed E-state index contributed by atoms with van der Waals surface area (Å²) in [5.41, 5.74) is -0.537. The number of nitrogens with zero attached hydrogens (tertiary/aromatic N) is 2. The Bertz CT molecular complexity index is 455. The van der Waals surface area contributed by atoms with E-state index < -0.39 is 11.7 Å². The summed E-state index contributed by atoms with van der Waals surface area (Å²) >= 11 is 1.48. The second-order valence-corrected chi connectivity index (χ2v) is 7.38. The van der Waals surface area contributed by atoms with Crippen molar-refractivity contribution in [2.45, 2.75) is 64.8 Å². The van der Waals surface area contributed by atoms with E-state index in [2.05, 4.69) is 29.4 Å². The van der Waals surface area contributed by atoms with Crippen LogP contribution < -0.4 is 5.32 Å². The molecule has 0 spiro atoms. The molecule has 1 aromatic heterocycles. The van der Waals surface area contributed by atoms with Crippen molar-refractivity contribution in [2.75, 3.05) is 5.75 Å². The van der Waals surface area contributed by atoms with Gasteiger partial charge in [-0.15, -0.1) is 10.2 Å². The third-order valence-corrected chi connectivity index (χ3v) is 3.09. The van der Waals surface area contributed by atoms with E-state index in [0.29, 0.717) is 23.5 Å². The molecule has 1 unspecified atom stereocenters. The topological polar surface area (TPSA) is 77.2 Å². The highest BCUT2D eigenvalue weighted by molar-refractivity contribution is 7.99. The molecule has 0 bridgehead atoms. The maximum absolute atomic E-state index is 11.9. The summed E-state index contributed by atoms with van der Waals surface area (Å²) in [6.07, 6.45) is 0.230. The Morgan fingerprint density at radius 3 is 2.57 bits per heavy atom. The number of ether oxygens (including phenoxy) is 1. The van der Waals surface area contributed by atoms with Crippen molar-refractivity contribution in [2.24, 2.45) is 5.92 Å². The molecule has 120 valence electrons. The summed E-state index contributed by atoms with van der Waals surface area (Å²) in [6.45, 7) is 11.6. The Hall–Kier alpha value is -1.24.